The first-order valence-electron chi connectivity index (χ1n) is 11.8. The van der Waals surface area contributed by atoms with E-state index in [1.54, 1.807) is 11.1 Å². The van der Waals surface area contributed by atoms with Crippen molar-refractivity contribution >= 4 is 23.4 Å². The number of amides is 1. The van der Waals surface area contributed by atoms with Gasteiger partial charge in [-0.3, -0.25) is 14.6 Å². The van der Waals surface area contributed by atoms with Crippen LogP contribution in [0.15, 0.2) is 24.7 Å². The van der Waals surface area contributed by atoms with Gasteiger partial charge in [-0.1, -0.05) is 13.8 Å². The second kappa shape index (κ2) is 7.78. The predicted molar refractivity (Wildman–Crippen MR) is 124 cm³/mol. The van der Waals surface area contributed by atoms with E-state index in [0.717, 1.165) is 49.9 Å². The van der Waals surface area contributed by atoms with E-state index >= 15 is 0 Å². The lowest BCUT2D eigenvalue weighted by Gasteiger charge is -2.51. The second-order valence-electron chi connectivity index (χ2n) is 10.8. The summed E-state index contributed by atoms with van der Waals surface area (Å²) in [5.74, 6) is 0.124. The Kier molecular flexibility index (Phi) is 5.14. The highest BCUT2D eigenvalue weighted by atomic mass is 16.4. The van der Waals surface area contributed by atoms with Crippen molar-refractivity contribution in [2.45, 2.75) is 70.1 Å². The highest BCUT2D eigenvalue weighted by Crippen LogP contribution is 2.57. The number of carboxylic acids is 1. The molecule has 1 spiro atoms. The maximum Gasteiger partial charge on any atom is 0.303 e. The Labute approximate surface area is 193 Å². The van der Waals surface area contributed by atoms with Gasteiger partial charge in [-0.15, -0.1) is 0 Å². The molecule has 5 rings (SSSR count). The molecule has 2 fully saturated rings. The van der Waals surface area contributed by atoms with Gasteiger partial charge in [0, 0.05) is 30.0 Å². The zero-order valence-corrected chi connectivity index (χ0v) is 19.3. The number of fused-ring (bicyclic) bond motifs is 1. The third kappa shape index (κ3) is 3.85. The molecule has 0 bridgehead atoms. The average molecular weight is 450 g/mol. The molecule has 2 aromatic heterocycles. The van der Waals surface area contributed by atoms with Crippen molar-refractivity contribution in [3.63, 3.8) is 0 Å². The fourth-order valence-electron chi connectivity index (χ4n) is 6.30. The van der Waals surface area contributed by atoms with E-state index in [9.17, 15) is 9.59 Å². The Morgan fingerprint density at radius 3 is 2.55 bits per heavy atom. The molecule has 0 unspecified atom stereocenters. The first-order chi connectivity index (χ1) is 15.7. The SMILES string of the molecule is CC1(C)CN(c2ccc(C3CCC4(CC3)CC(CC(=O)O)C4)nc2)C(=O)c2c(N)ncnc21. The Morgan fingerprint density at radius 2 is 1.91 bits per heavy atom. The Bertz CT molecular complexity index is 1080. The number of aliphatic carboxylic acids is 1. The van der Waals surface area contributed by atoms with Crippen LogP contribution in [0.2, 0.25) is 0 Å². The van der Waals surface area contributed by atoms with Crippen molar-refractivity contribution < 1.29 is 14.7 Å². The minimum absolute atomic E-state index is 0.183. The standard InChI is InChI=1S/C25H31N5O3/c1-24(2)13-30(23(33)20-21(24)28-14-29-22(20)26)17-3-4-18(27-12-17)16-5-7-25(8-6-16)10-15(11-25)9-19(31)32/h3-4,12,14-16H,5-11,13H2,1-2H3,(H,31,32)(H2,26,28,29). The molecule has 1 amide bonds. The van der Waals surface area contributed by atoms with E-state index in [-0.39, 0.29) is 17.1 Å². The van der Waals surface area contributed by atoms with E-state index in [1.165, 1.54) is 6.33 Å². The van der Waals surface area contributed by atoms with Crippen LogP contribution in [-0.2, 0) is 10.2 Å². The van der Waals surface area contributed by atoms with Gasteiger partial charge in [0.1, 0.15) is 17.7 Å². The number of hydrogen-bond acceptors (Lipinski definition) is 6. The molecule has 174 valence electrons. The molecule has 3 N–H and O–H groups in total. The van der Waals surface area contributed by atoms with Crippen LogP contribution in [0.4, 0.5) is 11.5 Å². The number of nitrogens with two attached hydrogens (primary N) is 1. The molecule has 2 saturated carbocycles. The maximum absolute atomic E-state index is 13.2. The van der Waals surface area contributed by atoms with Gasteiger partial charge in [-0.25, -0.2) is 9.97 Å². The van der Waals surface area contributed by atoms with Crippen molar-refractivity contribution in [1.29, 1.82) is 0 Å². The third-order valence-corrected chi connectivity index (χ3v) is 7.98. The monoisotopic (exact) mass is 449 g/mol. The van der Waals surface area contributed by atoms with Crippen LogP contribution in [0.3, 0.4) is 0 Å². The maximum atomic E-state index is 13.2. The molecule has 0 aromatic carbocycles. The number of carbonyl (C=O) groups is 2. The average Bonchev–Trinajstić information content (AvgIpc) is 2.75. The smallest absolute Gasteiger partial charge is 0.303 e. The first kappa shape index (κ1) is 21.8. The Morgan fingerprint density at radius 1 is 1.18 bits per heavy atom. The van der Waals surface area contributed by atoms with Gasteiger partial charge in [0.15, 0.2) is 0 Å². The lowest BCUT2D eigenvalue weighted by Crippen LogP contribution is -2.48. The van der Waals surface area contributed by atoms with Gasteiger partial charge >= 0.3 is 5.97 Å². The topological polar surface area (TPSA) is 122 Å². The van der Waals surface area contributed by atoms with E-state index in [1.807, 2.05) is 12.1 Å². The summed E-state index contributed by atoms with van der Waals surface area (Å²) in [5.41, 5.74) is 8.96. The van der Waals surface area contributed by atoms with Gasteiger partial charge < -0.3 is 15.7 Å². The number of nitrogen functional groups attached to an aromatic ring is 1. The first-order valence-corrected chi connectivity index (χ1v) is 11.8. The van der Waals surface area contributed by atoms with Gasteiger partial charge in [0.05, 0.1) is 17.6 Å². The quantitative estimate of drug-likeness (QED) is 0.725. The fourth-order valence-corrected chi connectivity index (χ4v) is 6.30. The van der Waals surface area contributed by atoms with Crippen LogP contribution in [0.1, 0.15) is 86.5 Å². The number of carbonyl (C=O) groups excluding carboxylic acids is 1. The molecule has 3 aliphatic rings. The summed E-state index contributed by atoms with van der Waals surface area (Å²) < 4.78 is 0. The molecular formula is C25H31N5O3. The van der Waals surface area contributed by atoms with Crippen LogP contribution in [0.5, 0.6) is 0 Å². The molecule has 2 aromatic rings. The number of anilines is 2. The number of rotatable bonds is 4. The van der Waals surface area contributed by atoms with Crippen molar-refractivity contribution in [2.75, 3.05) is 17.2 Å². The lowest BCUT2D eigenvalue weighted by molar-refractivity contribution is -0.140. The van der Waals surface area contributed by atoms with Crippen LogP contribution >= 0.6 is 0 Å². The number of aromatic nitrogens is 3. The second-order valence-corrected chi connectivity index (χ2v) is 10.8. The van der Waals surface area contributed by atoms with Crippen LogP contribution < -0.4 is 10.6 Å². The van der Waals surface area contributed by atoms with Crippen molar-refractivity contribution in [3.8, 4) is 0 Å². The van der Waals surface area contributed by atoms with E-state index in [0.29, 0.717) is 41.5 Å². The Hall–Kier alpha value is -3.03. The van der Waals surface area contributed by atoms with Crippen molar-refractivity contribution in [2.24, 2.45) is 11.3 Å². The third-order valence-electron chi connectivity index (χ3n) is 7.98. The highest BCUT2D eigenvalue weighted by molar-refractivity contribution is 6.11. The fraction of sp³-hybridized carbons (Fsp3) is 0.560. The molecular weight excluding hydrogens is 418 g/mol. The normalized spacial score (nSPS) is 28.3. The molecule has 0 atom stereocenters. The van der Waals surface area contributed by atoms with Gasteiger partial charge in [-0.05, 0) is 62.0 Å². The summed E-state index contributed by atoms with van der Waals surface area (Å²) in [4.78, 5) is 39.0. The van der Waals surface area contributed by atoms with Crippen molar-refractivity contribution in [3.05, 3.63) is 41.6 Å². The molecule has 0 saturated heterocycles. The molecule has 8 heteroatoms. The zero-order chi connectivity index (χ0) is 23.4. The van der Waals surface area contributed by atoms with Gasteiger partial charge in [0.2, 0.25) is 0 Å². The van der Waals surface area contributed by atoms with Crippen LogP contribution in [0.25, 0.3) is 0 Å². The highest BCUT2D eigenvalue weighted by Gasteiger charge is 2.46. The summed E-state index contributed by atoms with van der Waals surface area (Å²) in [6.45, 7) is 4.61. The van der Waals surface area contributed by atoms with E-state index in [2.05, 4.69) is 23.8 Å². The number of hydrogen-bond donors (Lipinski definition) is 2. The lowest BCUT2D eigenvalue weighted by atomic mass is 9.54. The summed E-state index contributed by atoms with van der Waals surface area (Å²) in [5, 5.41) is 9.00. The minimum Gasteiger partial charge on any atom is -0.481 e. The van der Waals surface area contributed by atoms with Crippen LogP contribution in [0, 0.1) is 11.3 Å². The summed E-state index contributed by atoms with van der Waals surface area (Å²) >= 11 is 0. The number of carboxylic acid groups (broad SMARTS) is 1. The summed E-state index contributed by atoms with van der Waals surface area (Å²) in [6.07, 6.45) is 10.1. The number of nitrogens with zero attached hydrogens (tertiary/aromatic N) is 4. The van der Waals surface area contributed by atoms with E-state index in [4.69, 9.17) is 15.8 Å². The van der Waals surface area contributed by atoms with Gasteiger partial charge in [-0.2, -0.15) is 0 Å². The molecule has 33 heavy (non-hydrogen) atoms. The molecule has 1 aliphatic heterocycles. The number of pyridine rings is 1. The molecule has 8 nitrogen and oxygen atoms in total. The largest absolute Gasteiger partial charge is 0.481 e. The van der Waals surface area contributed by atoms with E-state index < -0.39 is 5.97 Å². The summed E-state index contributed by atoms with van der Waals surface area (Å²) in [6, 6.07) is 4.03. The Balaban J connectivity index is 1.27. The van der Waals surface area contributed by atoms with Gasteiger partial charge in [0.25, 0.3) is 5.91 Å². The molecule has 3 heterocycles. The van der Waals surface area contributed by atoms with Crippen molar-refractivity contribution in [1.82, 2.24) is 15.0 Å². The minimum atomic E-state index is -0.679. The molecule has 0 radical (unpaired) electrons. The van der Waals surface area contributed by atoms with Crippen LogP contribution in [-0.4, -0.2) is 38.5 Å². The zero-order valence-electron chi connectivity index (χ0n) is 19.3. The molecule has 2 aliphatic carbocycles. The summed E-state index contributed by atoms with van der Waals surface area (Å²) in [7, 11) is 0. The predicted octanol–water partition coefficient (Wildman–Crippen LogP) is 3.92.